The third-order valence-electron chi connectivity index (χ3n) is 5.92. The van der Waals surface area contributed by atoms with Crippen LogP contribution in [0.2, 0.25) is 0 Å². The lowest BCUT2D eigenvalue weighted by atomic mass is 9.74. The lowest BCUT2D eigenvalue weighted by Crippen LogP contribution is -2.56. The third kappa shape index (κ3) is 7.59. The van der Waals surface area contributed by atoms with Gasteiger partial charge in [0.2, 0.25) is 5.91 Å². The first-order valence-electron chi connectivity index (χ1n) is 12.2. The normalized spacial score (nSPS) is 17.6. The molecule has 1 aromatic heterocycles. The molecular weight excluding hydrogens is 493 g/mol. The number of benzene rings is 1. The van der Waals surface area contributed by atoms with Gasteiger partial charge in [0.15, 0.2) is 6.10 Å². The number of hydrogen-bond acceptors (Lipinski definition) is 9. The van der Waals surface area contributed by atoms with Crippen LogP contribution in [-0.4, -0.2) is 89.1 Å². The van der Waals surface area contributed by atoms with E-state index < -0.39 is 55.0 Å². The number of rotatable bonds is 12. The Hall–Kier alpha value is -3.84. The van der Waals surface area contributed by atoms with Crippen molar-refractivity contribution in [2.24, 2.45) is 5.92 Å². The van der Waals surface area contributed by atoms with Gasteiger partial charge in [0.05, 0.1) is 12.1 Å². The molecule has 1 aliphatic rings. The Balaban J connectivity index is 1.81. The fourth-order valence-electron chi connectivity index (χ4n) is 4.15. The Labute approximate surface area is 221 Å². The summed E-state index contributed by atoms with van der Waals surface area (Å²) in [5.74, 6) is -3.89. The number of carboxylic acids is 1. The second-order valence-corrected chi connectivity index (χ2v) is 9.66. The maximum Gasteiger partial charge on any atom is 0.552 e. The van der Waals surface area contributed by atoms with Crippen molar-refractivity contribution in [1.29, 1.82) is 0 Å². The third-order valence-corrected chi connectivity index (χ3v) is 5.92. The van der Waals surface area contributed by atoms with Gasteiger partial charge in [-0.1, -0.05) is 44.2 Å². The van der Waals surface area contributed by atoms with Crippen LogP contribution in [0.1, 0.15) is 36.3 Å². The number of aromatic nitrogens is 2. The molecule has 13 heteroatoms. The van der Waals surface area contributed by atoms with Crippen molar-refractivity contribution in [3.05, 3.63) is 60.2 Å². The molecule has 12 nitrogen and oxygen atoms in total. The van der Waals surface area contributed by atoms with E-state index in [1.807, 2.05) is 44.2 Å². The molecule has 0 aliphatic carbocycles. The topological polar surface area (TPSA) is 160 Å². The average molecular weight is 525 g/mol. The van der Waals surface area contributed by atoms with Gasteiger partial charge in [-0.05, 0) is 32.0 Å². The SMILES string of the molecule is CC(C)C[C@H](NC(=O)[C@H](Cc1ccccc1)NC(=O)c1cnccn1)B1OC(=O)[C@@H]([C@H](C(=O)O)N(C)C)O1. The molecule has 202 valence electrons. The van der Waals surface area contributed by atoms with Crippen molar-refractivity contribution < 1.29 is 33.6 Å². The number of carbonyl (C=O) groups is 4. The number of nitrogens with one attached hydrogen (secondary N) is 2. The Morgan fingerprint density at radius 2 is 1.84 bits per heavy atom. The minimum atomic E-state index is -1.37. The standard InChI is InChI=1S/C25H32BN5O7/c1-15(2)12-19(26-37-21(25(36)38-26)20(24(34)35)31(3)4)30-22(32)17(13-16-8-6-5-7-9-16)29-23(33)18-14-27-10-11-28-18/h5-11,14-15,17,19-21H,12-13H2,1-4H3,(H,29,33)(H,30,32)(H,34,35)/t17-,19-,20+,21+/m0/s1. The number of aliphatic carboxylic acids is 1. The molecule has 1 aliphatic heterocycles. The van der Waals surface area contributed by atoms with Crippen molar-refractivity contribution in [2.45, 2.75) is 50.8 Å². The number of carboxylic acid groups (broad SMARTS) is 1. The first kappa shape index (κ1) is 28.7. The van der Waals surface area contributed by atoms with Crippen molar-refractivity contribution in [3.63, 3.8) is 0 Å². The number of nitrogens with zero attached hydrogens (tertiary/aromatic N) is 3. The zero-order valence-electron chi connectivity index (χ0n) is 21.7. The maximum atomic E-state index is 13.5. The van der Waals surface area contributed by atoms with E-state index in [2.05, 4.69) is 20.6 Å². The molecule has 1 saturated heterocycles. The molecule has 2 aromatic rings. The van der Waals surface area contributed by atoms with E-state index in [4.69, 9.17) is 9.31 Å². The highest BCUT2D eigenvalue weighted by Crippen LogP contribution is 2.22. The van der Waals surface area contributed by atoms with Crippen LogP contribution in [0.15, 0.2) is 48.9 Å². The molecule has 4 atom stereocenters. The predicted molar refractivity (Wildman–Crippen MR) is 137 cm³/mol. The van der Waals surface area contributed by atoms with Gasteiger partial charge in [-0.2, -0.15) is 0 Å². The molecule has 0 unspecified atom stereocenters. The Morgan fingerprint density at radius 3 is 2.42 bits per heavy atom. The van der Waals surface area contributed by atoms with Crippen molar-refractivity contribution >= 4 is 30.9 Å². The predicted octanol–water partition coefficient (Wildman–Crippen LogP) is 0.333. The molecule has 2 heterocycles. The first-order valence-corrected chi connectivity index (χ1v) is 12.2. The summed E-state index contributed by atoms with van der Waals surface area (Å²) in [5, 5.41) is 15.1. The molecule has 3 N–H and O–H groups in total. The number of amides is 2. The van der Waals surface area contributed by atoms with Crippen molar-refractivity contribution in [1.82, 2.24) is 25.5 Å². The molecule has 1 aromatic carbocycles. The zero-order valence-corrected chi connectivity index (χ0v) is 21.7. The summed E-state index contributed by atoms with van der Waals surface area (Å²) in [6.07, 6.45) is 3.29. The molecule has 3 rings (SSSR count). The van der Waals surface area contributed by atoms with Gasteiger partial charge in [0, 0.05) is 18.8 Å². The van der Waals surface area contributed by atoms with Gasteiger partial charge < -0.3 is 25.0 Å². The van der Waals surface area contributed by atoms with E-state index in [0.717, 1.165) is 5.56 Å². The van der Waals surface area contributed by atoms with Gasteiger partial charge in [-0.25, -0.2) is 4.98 Å². The monoisotopic (exact) mass is 525 g/mol. The van der Waals surface area contributed by atoms with E-state index in [-0.39, 0.29) is 18.0 Å². The highest BCUT2D eigenvalue weighted by atomic mass is 16.7. The van der Waals surface area contributed by atoms with Crippen LogP contribution >= 0.6 is 0 Å². The smallest absolute Gasteiger partial charge is 0.506 e. The van der Waals surface area contributed by atoms with Crippen LogP contribution in [0.3, 0.4) is 0 Å². The lowest BCUT2D eigenvalue weighted by molar-refractivity contribution is -0.151. The number of carbonyl (C=O) groups excluding carboxylic acids is 3. The first-order chi connectivity index (χ1) is 18.1. The van der Waals surface area contributed by atoms with Crippen LogP contribution in [0, 0.1) is 5.92 Å². The van der Waals surface area contributed by atoms with Gasteiger partial charge in [-0.3, -0.25) is 29.1 Å². The van der Waals surface area contributed by atoms with Crippen LogP contribution in [0.4, 0.5) is 0 Å². The molecule has 2 amide bonds. The largest absolute Gasteiger partial charge is 0.552 e. The highest BCUT2D eigenvalue weighted by molar-refractivity contribution is 6.51. The minimum absolute atomic E-state index is 0.0522. The van der Waals surface area contributed by atoms with Crippen molar-refractivity contribution in [3.8, 4) is 0 Å². The van der Waals surface area contributed by atoms with Gasteiger partial charge in [-0.15, -0.1) is 0 Å². The Morgan fingerprint density at radius 1 is 1.13 bits per heavy atom. The number of hydrogen-bond donors (Lipinski definition) is 3. The van der Waals surface area contributed by atoms with E-state index in [9.17, 15) is 24.3 Å². The second kappa shape index (κ2) is 13.1. The highest BCUT2D eigenvalue weighted by Gasteiger charge is 2.51. The maximum absolute atomic E-state index is 13.5. The van der Waals surface area contributed by atoms with Crippen LogP contribution < -0.4 is 10.6 Å². The Bertz CT molecular complexity index is 1120. The summed E-state index contributed by atoms with van der Waals surface area (Å²) in [4.78, 5) is 59.9. The number of likely N-dealkylation sites (N-methyl/N-ethyl adjacent to an activating group) is 1. The zero-order chi connectivity index (χ0) is 27.8. The molecule has 0 bridgehead atoms. The van der Waals surface area contributed by atoms with Gasteiger partial charge in [0.25, 0.3) is 5.91 Å². The Kier molecular flexibility index (Phi) is 9.91. The van der Waals surface area contributed by atoms with Crippen molar-refractivity contribution in [2.75, 3.05) is 14.1 Å². The van der Waals surface area contributed by atoms with E-state index in [0.29, 0.717) is 6.42 Å². The summed E-state index contributed by atoms with van der Waals surface area (Å²) in [6, 6.07) is 6.90. The molecule has 0 saturated carbocycles. The fraction of sp³-hybridized carbons (Fsp3) is 0.440. The quantitative estimate of drug-likeness (QED) is 0.330. The molecule has 38 heavy (non-hydrogen) atoms. The summed E-state index contributed by atoms with van der Waals surface area (Å²) >= 11 is 0. The lowest BCUT2D eigenvalue weighted by Gasteiger charge is -2.26. The van der Waals surface area contributed by atoms with E-state index >= 15 is 0 Å². The van der Waals surface area contributed by atoms with E-state index in [1.54, 1.807) is 0 Å². The van der Waals surface area contributed by atoms with Crippen LogP contribution in [0.5, 0.6) is 0 Å². The molecule has 0 spiro atoms. The van der Waals surface area contributed by atoms with Gasteiger partial charge in [0.1, 0.15) is 17.8 Å². The molecular formula is C25H32BN5O7. The van der Waals surface area contributed by atoms with Crippen LogP contribution in [0.25, 0.3) is 0 Å². The minimum Gasteiger partial charge on any atom is -0.506 e. The second-order valence-electron chi connectivity index (χ2n) is 9.66. The summed E-state index contributed by atoms with van der Waals surface area (Å²) < 4.78 is 11.2. The summed E-state index contributed by atoms with van der Waals surface area (Å²) in [5.41, 5.74) is 0.864. The molecule has 1 fully saturated rings. The van der Waals surface area contributed by atoms with E-state index in [1.165, 1.54) is 37.6 Å². The van der Waals surface area contributed by atoms with Crippen LogP contribution in [-0.2, 0) is 30.1 Å². The fourth-order valence-corrected chi connectivity index (χ4v) is 4.15. The summed E-state index contributed by atoms with van der Waals surface area (Å²) in [7, 11) is 1.84. The summed E-state index contributed by atoms with van der Waals surface area (Å²) in [6.45, 7) is 3.84. The average Bonchev–Trinajstić information content (AvgIpc) is 3.24. The van der Waals surface area contributed by atoms with Gasteiger partial charge >= 0.3 is 19.1 Å². The molecule has 0 radical (unpaired) electrons.